The third-order valence-corrected chi connectivity index (χ3v) is 4.02. The van der Waals surface area contributed by atoms with Crippen LogP contribution in [0.1, 0.15) is 44.9 Å². The van der Waals surface area contributed by atoms with Crippen molar-refractivity contribution in [2.75, 3.05) is 19.6 Å². The predicted octanol–water partition coefficient (Wildman–Crippen LogP) is 3.26. The molecule has 1 fully saturated rings. The van der Waals surface area contributed by atoms with E-state index in [9.17, 15) is 0 Å². The second-order valence-corrected chi connectivity index (χ2v) is 6.19. The summed E-state index contributed by atoms with van der Waals surface area (Å²) in [5.41, 5.74) is 1.32. The Bertz CT molecular complexity index is 373. The van der Waals surface area contributed by atoms with Gasteiger partial charge in [-0.05, 0) is 37.4 Å². The summed E-state index contributed by atoms with van der Waals surface area (Å²) in [6.07, 6.45) is 4.48. The molecule has 1 atom stereocenters. The number of hydrogen-bond donors (Lipinski definition) is 1. The number of furan rings is 1. The molecule has 1 aromatic heterocycles. The van der Waals surface area contributed by atoms with E-state index in [2.05, 4.69) is 37.1 Å². The minimum Gasteiger partial charge on any atom is -0.468 e. The average molecular weight is 264 g/mol. The van der Waals surface area contributed by atoms with Crippen LogP contribution in [0.15, 0.2) is 16.7 Å². The molecule has 0 aliphatic carbocycles. The van der Waals surface area contributed by atoms with Gasteiger partial charge in [0.15, 0.2) is 0 Å². The highest BCUT2D eigenvalue weighted by Gasteiger charge is 2.22. The van der Waals surface area contributed by atoms with Crippen molar-refractivity contribution in [3.8, 4) is 0 Å². The van der Waals surface area contributed by atoms with Crippen molar-refractivity contribution in [3.05, 3.63) is 23.7 Å². The van der Waals surface area contributed by atoms with Gasteiger partial charge in [-0.2, -0.15) is 0 Å². The third kappa shape index (κ3) is 4.36. The second-order valence-electron chi connectivity index (χ2n) is 6.19. The fraction of sp³-hybridized carbons (Fsp3) is 0.750. The van der Waals surface area contributed by atoms with Crippen molar-refractivity contribution in [2.45, 2.75) is 46.7 Å². The minimum absolute atomic E-state index is 0.694. The Morgan fingerprint density at radius 1 is 1.47 bits per heavy atom. The Morgan fingerprint density at radius 2 is 2.32 bits per heavy atom. The zero-order valence-electron chi connectivity index (χ0n) is 12.6. The quantitative estimate of drug-likeness (QED) is 0.819. The molecular weight excluding hydrogens is 236 g/mol. The Kier molecular flexibility index (Phi) is 5.46. The fourth-order valence-electron chi connectivity index (χ4n) is 2.75. The normalized spacial score (nSPS) is 20.5. The summed E-state index contributed by atoms with van der Waals surface area (Å²) >= 11 is 0. The van der Waals surface area contributed by atoms with Crippen LogP contribution in [0.3, 0.4) is 0 Å². The Morgan fingerprint density at radius 3 is 3.00 bits per heavy atom. The molecule has 1 unspecified atom stereocenters. The maximum absolute atomic E-state index is 5.67. The maximum atomic E-state index is 5.67. The highest BCUT2D eigenvalue weighted by molar-refractivity contribution is 5.17. The van der Waals surface area contributed by atoms with Gasteiger partial charge in [-0.3, -0.25) is 4.90 Å². The number of hydrogen-bond acceptors (Lipinski definition) is 3. The van der Waals surface area contributed by atoms with Crippen LogP contribution in [0, 0.1) is 11.8 Å². The Hall–Kier alpha value is -0.800. The molecule has 3 heteroatoms. The summed E-state index contributed by atoms with van der Waals surface area (Å²) in [5, 5.41) is 3.49. The standard InChI is InChI=1S/C16H28N2O/c1-4-14-5-7-18(11-14)12-16-15(6-8-19-16)10-17-9-13(2)3/h6,8,13-14,17H,4-5,7,9-12H2,1-3H3. The minimum atomic E-state index is 0.694. The van der Waals surface area contributed by atoms with Gasteiger partial charge >= 0.3 is 0 Å². The van der Waals surface area contributed by atoms with Crippen molar-refractivity contribution in [3.63, 3.8) is 0 Å². The van der Waals surface area contributed by atoms with Gasteiger partial charge in [-0.1, -0.05) is 27.2 Å². The SMILES string of the molecule is CCC1CCN(Cc2occc2CNCC(C)C)C1. The van der Waals surface area contributed by atoms with E-state index in [1.807, 2.05) is 6.26 Å². The van der Waals surface area contributed by atoms with E-state index in [0.717, 1.165) is 31.3 Å². The predicted molar refractivity (Wildman–Crippen MR) is 78.9 cm³/mol. The van der Waals surface area contributed by atoms with E-state index in [4.69, 9.17) is 4.42 Å². The van der Waals surface area contributed by atoms with Crippen LogP contribution in [0.5, 0.6) is 0 Å². The zero-order chi connectivity index (χ0) is 13.7. The fourth-order valence-corrected chi connectivity index (χ4v) is 2.75. The van der Waals surface area contributed by atoms with E-state index < -0.39 is 0 Å². The molecule has 19 heavy (non-hydrogen) atoms. The average Bonchev–Trinajstić information content (AvgIpc) is 2.99. The van der Waals surface area contributed by atoms with Crippen molar-refractivity contribution >= 4 is 0 Å². The molecule has 1 saturated heterocycles. The summed E-state index contributed by atoms with van der Waals surface area (Å²) in [4.78, 5) is 2.53. The van der Waals surface area contributed by atoms with Crippen LogP contribution >= 0.6 is 0 Å². The van der Waals surface area contributed by atoms with Crippen LogP contribution < -0.4 is 5.32 Å². The van der Waals surface area contributed by atoms with E-state index in [1.54, 1.807) is 0 Å². The molecule has 0 radical (unpaired) electrons. The van der Waals surface area contributed by atoms with Gasteiger partial charge in [0.1, 0.15) is 5.76 Å². The van der Waals surface area contributed by atoms with Crippen LogP contribution in [-0.4, -0.2) is 24.5 Å². The topological polar surface area (TPSA) is 28.4 Å². The maximum Gasteiger partial charge on any atom is 0.122 e. The van der Waals surface area contributed by atoms with E-state index in [1.165, 1.54) is 31.5 Å². The van der Waals surface area contributed by atoms with Crippen LogP contribution in [0.2, 0.25) is 0 Å². The summed E-state index contributed by atoms with van der Waals surface area (Å²) in [6.45, 7) is 12.2. The van der Waals surface area contributed by atoms with E-state index in [0.29, 0.717) is 5.92 Å². The number of rotatable bonds is 7. The van der Waals surface area contributed by atoms with Gasteiger partial charge in [0.2, 0.25) is 0 Å². The van der Waals surface area contributed by atoms with Crippen molar-refractivity contribution < 1.29 is 4.42 Å². The van der Waals surface area contributed by atoms with Crippen LogP contribution in [0.4, 0.5) is 0 Å². The van der Waals surface area contributed by atoms with Crippen molar-refractivity contribution in [1.82, 2.24) is 10.2 Å². The lowest BCUT2D eigenvalue weighted by atomic mass is 10.1. The monoisotopic (exact) mass is 264 g/mol. The molecule has 1 aliphatic rings. The first-order chi connectivity index (χ1) is 9.19. The third-order valence-electron chi connectivity index (χ3n) is 4.02. The van der Waals surface area contributed by atoms with Gasteiger partial charge in [-0.15, -0.1) is 0 Å². The van der Waals surface area contributed by atoms with Crippen molar-refractivity contribution in [1.29, 1.82) is 0 Å². The first-order valence-electron chi connectivity index (χ1n) is 7.67. The van der Waals surface area contributed by atoms with Crippen LogP contribution in [0.25, 0.3) is 0 Å². The molecule has 0 saturated carbocycles. The van der Waals surface area contributed by atoms with Crippen LogP contribution in [-0.2, 0) is 13.1 Å². The summed E-state index contributed by atoms with van der Waals surface area (Å²) in [6, 6.07) is 2.11. The molecule has 0 spiro atoms. The first kappa shape index (κ1) is 14.6. The summed E-state index contributed by atoms with van der Waals surface area (Å²) in [5.74, 6) is 2.73. The molecule has 0 amide bonds. The highest BCUT2D eigenvalue weighted by atomic mass is 16.3. The lowest BCUT2D eigenvalue weighted by Crippen LogP contribution is -2.22. The van der Waals surface area contributed by atoms with Crippen molar-refractivity contribution in [2.24, 2.45) is 11.8 Å². The largest absolute Gasteiger partial charge is 0.468 e. The molecule has 1 aliphatic heterocycles. The molecule has 108 valence electrons. The molecule has 2 heterocycles. The zero-order valence-corrected chi connectivity index (χ0v) is 12.6. The van der Waals surface area contributed by atoms with Gasteiger partial charge in [0.25, 0.3) is 0 Å². The van der Waals surface area contributed by atoms with Gasteiger partial charge < -0.3 is 9.73 Å². The highest BCUT2D eigenvalue weighted by Crippen LogP contribution is 2.22. The summed E-state index contributed by atoms with van der Waals surface area (Å²) in [7, 11) is 0. The Labute approximate surface area is 117 Å². The second kappa shape index (κ2) is 7.11. The van der Waals surface area contributed by atoms with E-state index >= 15 is 0 Å². The summed E-state index contributed by atoms with van der Waals surface area (Å²) < 4.78 is 5.67. The molecule has 0 bridgehead atoms. The Balaban J connectivity index is 1.82. The van der Waals surface area contributed by atoms with Gasteiger partial charge in [0, 0.05) is 18.7 Å². The lowest BCUT2D eigenvalue weighted by molar-refractivity contribution is 0.283. The molecule has 1 N–H and O–H groups in total. The van der Waals surface area contributed by atoms with Gasteiger partial charge in [0.05, 0.1) is 12.8 Å². The number of nitrogens with one attached hydrogen (secondary N) is 1. The molecule has 3 nitrogen and oxygen atoms in total. The molecule has 1 aromatic rings. The van der Waals surface area contributed by atoms with E-state index in [-0.39, 0.29) is 0 Å². The lowest BCUT2D eigenvalue weighted by Gasteiger charge is -2.15. The molecular formula is C16H28N2O. The van der Waals surface area contributed by atoms with Gasteiger partial charge in [-0.25, -0.2) is 0 Å². The smallest absolute Gasteiger partial charge is 0.122 e. The number of nitrogens with zero attached hydrogens (tertiary/aromatic N) is 1. The molecule has 2 rings (SSSR count). The first-order valence-corrected chi connectivity index (χ1v) is 7.67. The number of likely N-dealkylation sites (tertiary alicyclic amines) is 1. The molecule has 0 aromatic carbocycles.